The van der Waals surface area contributed by atoms with Gasteiger partial charge < -0.3 is 10.6 Å². The standard InChI is InChI=1S/C14H28N2O/c1-3-4-6-9-12(2)15-14(17)16-13-10-7-5-8-11-13/h12-13H,3-11H2,1-2H3,(H2,15,16,17). The number of amides is 2. The number of nitrogens with one attached hydrogen (secondary N) is 2. The third-order valence-electron chi connectivity index (χ3n) is 3.56. The molecule has 1 atom stereocenters. The highest BCUT2D eigenvalue weighted by molar-refractivity contribution is 5.74. The summed E-state index contributed by atoms with van der Waals surface area (Å²) < 4.78 is 0. The molecule has 0 radical (unpaired) electrons. The van der Waals surface area contributed by atoms with Crippen molar-refractivity contribution in [1.29, 1.82) is 0 Å². The normalized spacial score (nSPS) is 18.7. The molecule has 1 unspecified atom stereocenters. The van der Waals surface area contributed by atoms with Crippen LogP contribution in [0, 0.1) is 0 Å². The fourth-order valence-corrected chi connectivity index (χ4v) is 2.47. The summed E-state index contributed by atoms with van der Waals surface area (Å²) in [6.07, 6.45) is 10.9. The van der Waals surface area contributed by atoms with E-state index < -0.39 is 0 Å². The Morgan fingerprint density at radius 3 is 2.59 bits per heavy atom. The van der Waals surface area contributed by atoms with Gasteiger partial charge in [0.15, 0.2) is 0 Å². The first kappa shape index (κ1) is 14.3. The number of unbranched alkanes of at least 4 members (excludes halogenated alkanes) is 2. The quantitative estimate of drug-likeness (QED) is 0.684. The summed E-state index contributed by atoms with van der Waals surface area (Å²) in [4.78, 5) is 11.7. The van der Waals surface area contributed by atoms with Crippen molar-refractivity contribution in [2.75, 3.05) is 0 Å². The minimum atomic E-state index is 0.0286. The Morgan fingerprint density at radius 2 is 1.94 bits per heavy atom. The number of carbonyl (C=O) groups is 1. The first-order chi connectivity index (χ1) is 8.22. The second-order valence-electron chi connectivity index (χ2n) is 5.35. The summed E-state index contributed by atoms with van der Waals surface area (Å²) in [5, 5.41) is 6.13. The van der Waals surface area contributed by atoms with Gasteiger partial charge in [-0.2, -0.15) is 0 Å². The fourth-order valence-electron chi connectivity index (χ4n) is 2.47. The zero-order chi connectivity index (χ0) is 12.5. The molecule has 0 aromatic heterocycles. The first-order valence-electron chi connectivity index (χ1n) is 7.29. The second-order valence-corrected chi connectivity index (χ2v) is 5.35. The van der Waals surface area contributed by atoms with E-state index in [1.54, 1.807) is 0 Å². The SMILES string of the molecule is CCCCCC(C)NC(=O)NC1CCCCC1. The van der Waals surface area contributed by atoms with Crippen molar-refractivity contribution >= 4 is 6.03 Å². The summed E-state index contributed by atoms with van der Waals surface area (Å²) in [6, 6.07) is 0.734. The van der Waals surface area contributed by atoms with E-state index in [0.717, 1.165) is 19.3 Å². The molecule has 0 aromatic rings. The van der Waals surface area contributed by atoms with Crippen molar-refractivity contribution in [3.05, 3.63) is 0 Å². The minimum Gasteiger partial charge on any atom is -0.336 e. The van der Waals surface area contributed by atoms with Crippen LogP contribution < -0.4 is 10.6 Å². The lowest BCUT2D eigenvalue weighted by Gasteiger charge is -2.24. The molecule has 0 heterocycles. The average Bonchev–Trinajstić information content (AvgIpc) is 2.30. The van der Waals surface area contributed by atoms with Gasteiger partial charge in [0.05, 0.1) is 0 Å². The molecule has 1 saturated carbocycles. The Bertz CT molecular complexity index is 212. The van der Waals surface area contributed by atoms with Gasteiger partial charge >= 0.3 is 6.03 Å². The molecule has 2 amide bonds. The van der Waals surface area contributed by atoms with Gasteiger partial charge in [-0.05, 0) is 26.2 Å². The highest BCUT2D eigenvalue weighted by Gasteiger charge is 2.16. The molecular formula is C14H28N2O. The maximum absolute atomic E-state index is 11.7. The first-order valence-corrected chi connectivity index (χ1v) is 7.29. The van der Waals surface area contributed by atoms with E-state index in [9.17, 15) is 4.79 Å². The van der Waals surface area contributed by atoms with Crippen LogP contribution in [-0.2, 0) is 0 Å². The van der Waals surface area contributed by atoms with Gasteiger partial charge in [-0.25, -0.2) is 4.79 Å². The van der Waals surface area contributed by atoms with E-state index in [1.165, 1.54) is 38.5 Å². The molecule has 1 rings (SSSR count). The van der Waals surface area contributed by atoms with Crippen LogP contribution in [0.4, 0.5) is 4.79 Å². The molecule has 0 saturated heterocycles. The van der Waals surface area contributed by atoms with Crippen LogP contribution >= 0.6 is 0 Å². The number of hydrogen-bond donors (Lipinski definition) is 2. The topological polar surface area (TPSA) is 41.1 Å². The predicted octanol–water partition coefficient (Wildman–Crippen LogP) is 3.59. The molecule has 3 nitrogen and oxygen atoms in total. The van der Waals surface area contributed by atoms with Crippen molar-refractivity contribution in [1.82, 2.24) is 10.6 Å². The van der Waals surface area contributed by atoms with Crippen LogP contribution in [0.3, 0.4) is 0 Å². The Labute approximate surface area is 106 Å². The maximum Gasteiger partial charge on any atom is 0.315 e. The molecule has 0 bridgehead atoms. The van der Waals surface area contributed by atoms with Crippen LogP contribution in [0.25, 0.3) is 0 Å². The summed E-state index contributed by atoms with van der Waals surface area (Å²) in [6.45, 7) is 4.30. The fraction of sp³-hybridized carbons (Fsp3) is 0.929. The van der Waals surface area contributed by atoms with Gasteiger partial charge in [-0.3, -0.25) is 0 Å². The number of hydrogen-bond acceptors (Lipinski definition) is 1. The van der Waals surface area contributed by atoms with Crippen LogP contribution in [0.15, 0.2) is 0 Å². The lowest BCUT2D eigenvalue weighted by Crippen LogP contribution is -2.45. The minimum absolute atomic E-state index is 0.0286. The van der Waals surface area contributed by atoms with Gasteiger partial charge in [0, 0.05) is 12.1 Å². The average molecular weight is 240 g/mol. The highest BCUT2D eigenvalue weighted by atomic mass is 16.2. The Hall–Kier alpha value is -0.730. The molecule has 3 heteroatoms. The largest absolute Gasteiger partial charge is 0.336 e. The Morgan fingerprint density at radius 1 is 1.24 bits per heavy atom. The van der Waals surface area contributed by atoms with Crippen LogP contribution in [0.5, 0.6) is 0 Å². The maximum atomic E-state index is 11.7. The number of rotatable bonds is 6. The molecular weight excluding hydrogens is 212 g/mol. The zero-order valence-corrected chi connectivity index (χ0v) is 11.4. The smallest absolute Gasteiger partial charge is 0.315 e. The van der Waals surface area contributed by atoms with Gasteiger partial charge in [-0.15, -0.1) is 0 Å². The van der Waals surface area contributed by atoms with Crippen molar-refractivity contribution < 1.29 is 4.79 Å². The van der Waals surface area contributed by atoms with Crippen LogP contribution in [-0.4, -0.2) is 18.1 Å². The van der Waals surface area contributed by atoms with Gasteiger partial charge in [0.25, 0.3) is 0 Å². The zero-order valence-electron chi connectivity index (χ0n) is 11.4. The Balaban J connectivity index is 2.10. The molecule has 0 aromatic carbocycles. The van der Waals surface area contributed by atoms with E-state index in [-0.39, 0.29) is 6.03 Å². The van der Waals surface area contributed by atoms with E-state index in [4.69, 9.17) is 0 Å². The monoisotopic (exact) mass is 240 g/mol. The molecule has 17 heavy (non-hydrogen) atoms. The Kier molecular flexibility index (Phi) is 7.06. The molecule has 0 spiro atoms. The van der Waals surface area contributed by atoms with Crippen LogP contribution in [0.1, 0.15) is 71.6 Å². The van der Waals surface area contributed by atoms with E-state index >= 15 is 0 Å². The third kappa shape index (κ3) is 6.54. The number of carbonyl (C=O) groups excluding carboxylic acids is 1. The van der Waals surface area contributed by atoms with E-state index in [0.29, 0.717) is 12.1 Å². The van der Waals surface area contributed by atoms with E-state index in [2.05, 4.69) is 24.5 Å². The lowest BCUT2D eigenvalue weighted by atomic mass is 9.96. The van der Waals surface area contributed by atoms with Crippen molar-refractivity contribution in [3.63, 3.8) is 0 Å². The lowest BCUT2D eigenvalue weighted by molar-refractivity contribution is 0.228. The summed E-state index contributed by atoms with van der Waals surface area (Å²) in [7, 11) is 0. The second kappa shape index (κ2) is 8.37. The highest BCUT2D eigenvalue weighted by Crippen LogP contribution is 2.17. The van der Waals surface area contributed by atoms with E-state index in [1.807, 2.05) is 0 Å². The molecule has 1 fully saturated rings. The molecule has 1 aliphatic rings. The molecule has 2 N–H and O–H groups in total. The van der Waals surface area contributed by atoms with Gasteiger partial charge in [-0.1, -0.05) is 45.4 Å². The third-order valence-corrected chi connectivity index (χ3v) is 3.56. The summed E-state index contributed by atoms with van der Waals surface area (Å²) >= 11 is 0. The van der Waals surface area contributed by atoms with Crippen molar-refractivity contribution in [2.24, 2.45) is 0 Å². The number of urea groups is 1. The van der Waals surface area contributed by atoms with Crippen LogP contribution in [0.2, 0.25) is 0 Å². The summed E-state index contributed by atoms with van der Waals surface area (Å²) in [5.41, 5.74) is 0. The van der Waals surface area contributed by atoms with Gasteiger partial charge in [0.2, 0.25) is 0 Å². The van der Waals surface area contributed by atoms with Crippen molar-refractivity contribution in [3.8, 4) is 0 Å². The van der Waals surface area contributed by atoms with Gasteiger partial charge in [0.1, 0.15) is 0 Å². The molecule has 100 valence electrons. The predicted molar refractivity (Wildman–Crippen MR) is 72.1 cm³/mol. The summed E-state index contributed by atoms with van der Waals surface area (Å²) in [5.74, 6) is 0. The molecule has 1 aliphatic carbocycles. The van der Waals surface area contributed by atoms with Crippen molar-refractivity contribution in [2.45, 2.75) is 83.7 Å². The molecule has 0 aliphatic heterocycles.